The first-order chi connectivity index (χ1) is 7.02. The van der Waals surface area contributed by atoms with E-state index in [4.69, 9.17) is 0 Å². The predicted molar refractivity (Wildman–Crippen MR) is 54.0 cm³/mol. The van der Waals surface area contributed by atoms with E-state index < -0.39 is 23.4 Å². The molecule has 0 aliphatic carbocycles. The summed E-state index contributed by atoms with van der Waals surface area (Å²) in [5, 5.41) is 2.02. The minimum atomic E-state index is -0.820. The van der Waals surface area contributed by atoms with Gasteiger partial charge in [0.1, 0.15) is 0 Å². The van der Waals surface area contributed by atoms with Gasteiger partial charge in [-0.3, -0.25) is 14.9 Å². The lowest BCUT2D eigenvalue weighted by molar-refractivity contribution is -0.143. The van der Waals surface area contributed by atoms with E-state index in [0.717, 1.165) is 4.90 Å². The summed E-state index contributed by atoms with van der Waals surface area (Å²) in [6.07, 6.45) is 1.98. The number of imide groups is 2. The summed E-state index contributed by atoms with van der Waals surface area (Å²) in [5.74, 6) is -1.55. The van der Waals surface area contributed by atoms with Crippen LogP contribution in [0.25, 0.3) is 0 Å². The molecule has 1 aliphatic rings. The molecule has 1 heterocycles. The summed E-state index contributed by atoms with van der Waals surface area (Å²) >= 11 is 0. The van der Waals surface area contributed by atoms with Crippen molar-refractivity contribution < 1.29 is 14.4 Å². The molecule has 0 bridgehead atoms. The minimum Gasteiger partial charge on any atom is -0.269 e. The Morgan fingerprint density at radius 2 is 1.53 bits per heavy atom. The molecular weight excluding hydrogens is 196 g/mol. The molecule has 1 saturated heterocycles. The van der Waals surface area contributed by atoms with Crippen molar-refractivity contribution in [3.8, 4) is 0 Å². The van der Waals surface area contributed by atoms with Crippen molar-refractivity contribution in [2.75, 3.05) is 0 Å². The van der Waals surface area contributed by atoms with Gasteiger partial charge in [0.05, 0.1) is 5.54 Å². The molecular formula is C10H16N2O3. The number of nitrogens with one attached hydrogen (secondary N) is 1. The van der Waals surface area contributed by atoms with Gasteiger partial charge in [-0.2, -0.15) is 0 Å². The molecule has 5 heteroatoms. The molecule has 1 rings (SSSR count). The summed E-state index contributed by atoms with van der Waals surface area (Å²) in [6.45, 7) is 5.74. The van der Waals surface area contributed by atoms with Crippen molar-refractivity contribution in [2.45, 2.75) is 45.6 Å². The van der Waals surface area contributed by atoms with Crippen LogP contribution < -0.4 is 5.32 Å². The zero-order valence-corrected chi connectivity index (χ0v) is 9.29. The van der Waals surface area contributed by atoms with Crippen LogP contribution in [0.5, 0.6) is 0 Å². The van der Waals surface area contributed by atoms with Crippen molar-refractivity contribution in [1.82, 2.24) is 10.2 Å². The number of carbonyl (C=O) groups excluding carboxylic acids is 3. The molecule has 0 aromatic carbocycles. The quantitative estimate of drug-likeness (QED) is 0.559. The number of hydrogen-bond acceptors (Lipinski definition) is 3. The highest BCUT2D eigenvalue weighted by atomic mass is 16.2. The first kappa shape index (κ1) is 11.7. The second-order valence-electron chi connectivity index (χ2n) is 3.68. The first-order valence-corrected chi connectivity index (χ1v) is 5.22. The number of carbonyl (C=O) groups is 3. The Labute approximate surface area is 88.8 Å². The minimum absolute atomic E-state index is 0.521. The zero-order chi connectivity index (χ0) is 11.6. The Balaban J connectivity index is 3.08. The van der Waals surface area contributed by atoms with E-state index in [9.17, 15) is 14.4 Å². The standard InChI is InChI=1S/C10H16N2O3/c1-4-10(5-2,6-3)12-8(14)7(13)11-9(12)15/h4-6H2,1-3H3,(H,11,13,15). The Kier molecular flexibility index (Phi) is 3.12. The molecule has 0 spiro atoms. The van der Waals surface area contributed by atoms with E-state index in [1.54, 1.807) is 0 Å². The highest BCUT2D eigenvalue weighted by molar-refractivity contribution is 6.45. The summed E-state index contributed by atoms with van der Waals surface area (Å²) < 4.78 is 0. The monoisotopic (exact) mass is 212 g/mol. The summed E-state index contributed by atoms with van der Waals surface area (Å²) in [4.78, 5) is 35.2. The molecule has 84 valence electrons. The second kappa shape index (κ2) is 4.00. The lowest BCUT2D eigenvalue weighted by atomic mass is 9.88. The molecule has 1 N–H and O–H groups in total. The largest absolute Gasteiger partial charge is 0.332 e. The summed E-state index contributed by atoms with van der Waals surface area (Å²) in [7, 11) is 0. The van der Waals surface area contributed by atoms with Gasteiger partial charge < -0.3 is 0 Å². The van der Waals surface area contributed by atoms with Crippen LogP contribution in [0.1, 0.15) is 40.0 Å². The molecule has 4 amide bonds. The van der Waals surface area contributed by atoms with E-state index >= 15 is 0 Å². The molecule has 0 aromatic rings. The van der Waals surface area contributed by atoms with Crippen LogP contribution in [0.3, 0.4) is 0 Å². The SMILES string of the molecule is CCC(CC)(CC)N1C(=O)NC(=O)C1=O. The molecule has 15 heavy (non-hydrogen) atoms. The Hall–Kier alpha value is -1.39. The van der Waals surface area contributed by atoms with Crippen LogP contribution in [0.2, 0.25) is 0 Å². The van der Waals surface area contributed by atoms with Crippen LogP contribution in [0.4, 0.5) is 4.79 Å². The molecule has 0 saturated carbocycles. The lowest BCUT2D eigenvalue weighted by Gasteiger charge is -2.37. The van der Waals surface area contributed by atoms with Gasteiger partial charge in [-0.05, 0) is 19.3 Å². The highest BCUT2D eigenvalue weighted by Gasteiger charge is 2.47. The maximum atomic E-state index is 11.5. The smallest absolute Gasteiger partial charge is 0.269 e. The van der Waals surface area contributed by atoms with E-state index in [1.807, 2.05) is 26.1 Å². The third-order valence-electron chi connectivity index (χ3n) is 3.27. The van der Waals surface area contributed by atoms with Crippen LogP contribution >= 0.6 is 0 Å². The number of hydrogen-bond donors (Lipinski definition) is 1. The van der Waals surface area contributed by atoms with Gasteiger partial charge in [0, 0.05) is 0 Å². The zero-order valence-electron chi connectivity index (χ0n) is 9.29. The van der Waals surface area contributed by atoms with Gasteiger partial charge in [0.2, 0.25) is 0 Å². The number of rotatable bonds is 4. The van der Waals surface area contributed by atoms with Crippen molar-refractivity contribution in [3.05, 3.63) is 0 Å². The third kappa shape index (κ3) is 1.62. The molecule has 1 fully saturated rings. The van der Waals surface area contributed by atoms with Crippen LogP contribution in [0.15, 0.2) is 0 Å². The van der Waals surface area contributed by atoms with Gasteiger partial charge in [-0.25, -0.2) is 9.69 Å². The molecule has 0 aromatic heterocycles. The third-order valence-corrected chi connectivity index (χ3v) is 3.27. The van der Waals surface area contributed by atoms with Gasteiger partial charge in [-0.1, -0.05) is 20.8 Å². The maximum absolute atomic E-state index is 11.5. The fraction of sp³-hybridized carbons (Fsp3) is 0.700. The van der Waals surface area contributed by atoms with Crippen molar-refractivity contribution >= 4 is 17.8 Å². The normalized spacial score (nSPS) is 17.3. The van der Waals surface area contributed by atoms with Gasteiger partial charge in [-0.15, -0.1) is 0 Å². The summed E-state index contributed by atoms with van der Waals surface area (Å²) in [5.41, 5.74) is -0.521. The number of nitrogens with zero attached hydrogens (tertiary/aromatic N) is 1. The van der Waals surface area contributed by atoms with E-state index in [-0.39, 0.29) is 0 Å². The van der Waals surface area contributed by atoms with Crippen molar-refractivity contribution in [2.24, 2.45) is 0 Å². The Morgan fingerprint density at radius 1 is 1.07 bits per heavy atom. The van der Waals surface area contributed by atoms with Gasteiger partial charge in [0.15, 0.2) is 0 Å². The van der Waals surface area contributed by atoms with Gasteiger partial charge in [0.25, 0.3) is 0 Å². The van der Waals surface area contributed by atoms with Crippen LogP contribution in [-0.4, -0.2) is 28.3 Å². The molecule has 0 atom stereocenters. The maximum Gasteiger partial charge on any atom is 0.332 e. The fourth-order valence-corrected chi connectivity index (χ4v) is 2.06. The van der Waals surface area contributed by atoms with Gasteiger partial charge >= 0.3 is 17.8 Å². The topological polar surface area (TPSA) is 66.5 Å². The average molecular weight is 212 g/mol. The highest BCUT2D eigenvalue weighted by Crippen LogP contribution is 2.29. The molecule has 1 aliphatic heterocycles. The van der Waals surface area contributed by atoms with E-state index in [1.165, 1.54) is 0 Å². The first-order valence-electron chi connectivity index (χ1n) is 5.22. The van der Waals surface area contributed by atoms with E-state index in [2.05, 4.69) is 0 Å². The molecule has 0 unspecified atom stereocenters. The average Bonchev–Trinajstić information content (AvgIpc) is 2.48. The van der Waals surface area contributed by atoms with Crippen molar-refractivity contribution in [1.29, 1.82) is 0 Å². The Morgan fingerprint density at radius 3 is 1.80 bits per heavy atom. The number of urea groups is 1. The summed E-state index contributed by atoms with van der Waals surface area (Å²) in [6, 6.07) is -0.587. The van der Waals surface area contributed by atoms with Crippen LogP contribution in [-0.2, 0) is 9.59 Å². The van der Waals surface area contributed by atoms with Crippen LogP contribution in [0, 0.1) is 0 Å². The Bertz CT molecular complexity index is 300. The predicted octanol–water partition coefficient (Wildman–Crippen LogP) is 1.03. The molecule has 0 radical (unpaired) electrons. The van der Waals surface area contributed by atoms with E-state index in [0.29, 0.717) is 19.3 Å². The van der Waals surface area contributed by atoms with Crippen molar-refractivity contribution in [3.63, 3.8) is 0 Å². The second-order valence-corrected chi connectivity index (χ2v) is 3.68. The number of amides is 4. The molecule has 5 nitrogen and oxygen atoms in total. The lowest BCUT2D eigenvalue weighted by Crippen LogP contribution is -2.51. The fourth-order valence-electron chi connectivity index (χ4n) is 2.06.